The van der Waals surface area contributed by atoms with Gasteiger partial charge in [-0.25, -0.2) is 0 Å². The number of aromatic nitrogens is 3. The van der Waals surface area contributed by atoms with Crippen molar-refractivity contribution in [2.24, 2.45) is 5.41 Å². The smallest absolute Gasteiger partial charge is 0.270 e. The van der Waals surface area contributed by atoms with Crippen molar-refractivity contribution in [2.45, 2.75) is 19.4 Å². The summed E-state index contributed by atoms with van der Waals surface area (Å²) in [5.74, 6) is 0.466. The summed E-state index contributed by atoms with van der Waals surface area (Å²) >= 11 is 0. The van der Waals surface area contributed by atoms with Crippen molar-refractivity contribution in [1.29, 1.82) is 0 Å². The van der Waals surface area contributed by atoms with Crippen LogP contribution in [0.1, 0.15) is 23.3 Å². The van der Waals surface area contributed by atoms with E-state index in [9.17, 15) is 4.79 Å². The van der Waals surface area contributed by atoms with Gasteiger partial charge in [0.25, 0.3) is 5.91 Å². The lowest BCUT2D eigenvalue weighted by atomic mass is 10.1. The van der Waals surface area contributed by atoms with Gasteiger partial charge in [-0.1, -0.05) is 0 Å². The fourth-order valence-electron chi connectivity index (χ4n) is 2.33. The molecule has 6 heteroatoms. The normalized spacial score (nSPS) is 15.5. The quantitative estimate of drug-likeness (QED) is 0.873. The highest BCUT2D eigenvalue weighted by molar-refractivity contribution is 5.92. The molecular weight excluding hydrogens is 268 g/mol. The lowest BCUT2D eigenvalue weighted by Crippen LogP contribution is -2.32. The summed E-state index contributed by atoms with van der Waals surface area (Å²) in [6.07, 6.45) is 7.52. The van der Waals surface area contributed by atoms with Crippen LogP contribution in [-0.4, -0.2) is 34.3 Å². The van der Waals surface area contributed by atoms with E-state index >= 15 is 0 Å². The van der Waals surface area contributed by atoms with Crippen molar-refractivity contribution in [1.82, 2.24) is 20.1 Å². The first-order chi connectivity index (χ1) is 10.2. The van der Waals surface area contributed by atoms with E-state index in [4.69, 9.17) is 4.74 Å². The lowest BCUT2D eigenvalue weighted by Gasteiger charge is -2.16. The average Bonchev–Trinajstić information content (AvgIpc) is 3.09. The zero-order chi connectivity index (χ0) is 14.7. The van der Waals surface area contributed by atoms with Gasteiger partial charge in [-0.2, -0.15) is 5.10 Å². The van der Waals surface area contributed by atoms with Crippen LogP contribution >= 0.6 is 0 Å². The third-order valence-corrected chi connectivity index (χ3v) is 3.84. The highest BCUT2D eigenvalue weighted by atomic mass is 16.5. The van der Waals surface area contributed by atoms with Gasteiger partial charge in [0, 0.05) is 43.2 Å². The number of hydrogen-bond donors (Lipinski definition) is 1. The molecule has 1 saturated carbocycles. The molecule has 6 nitrogen and oxygen atoms in total. The molecule has 2 aromatic rings. The highest BCUT2D eigenvalue weighted by Crippen LogP contribution is 2.46. The van der Waals surface area contributed by atoms with Gasteiger partial charge >= 0.3 is 0 Å². The number of pyridine rings is 1. The Morgan fingerprint density at radius 3 is 3.00 bits per heavy atom. The van der Waals surface area contributed by atoms with Crippen molar-refractivity contribution in [3.05, 3.63) is 42.5 Å². The maximum absolute atomic E-state index is 12.1. The highest BCUT2D eigenvalue weighted by Gasteiger charge is 2.43. The molecule has 2 aromatic heterocycles. The van der Waals surface area contributed by atoms with E-state index in [1.807, 2.05) is 16.9 Å². The van der Waals surface area contributed by atoms with E-state index in [2.05, 4.69) is 15.4 Å². The van der Waals surface area contributed by atoms with Gasteiger partial charge in [-0.05, 0) is 25.0 Å². The minimum absolute atomic E-state index is 0.139. The third-order valence-electron chi connectivity index (χ3n) is 3.84. The van der Waals surface area contributed by atoms with Crippen LogP contribution in [0.15, 0.2) is 36.8 Å². The topological polar surface area (TPSA) is 69.0 Å². The van der Waals surface area contributed by atoms with E-state index in [1.165, 1.54) is 0 Å². The zero-order valence-corrected chi connectivity index (χ0v) is 12.0. The van der Waals surface area contributed by atoms with Gasteiger partial charge in [0.1, 0.15) is 11.4 Å². The SMILES string of the molecule is COc1ccnc(C(=O)NCC2(Cn3cccn3)CC2)c1. The zero-order valence-electron chi connectivity index (χ0n) is 12.0. The molecule has 0 unspecified atom stereocenters. The predicted octanol–water partition coefficient (Wildman–Crippen LogP) is 1.50. The van der Waals surface area contributed by atoms with Crippen LogP contribution < -0.4 is 10.1 Å². The van der Waals surface area contributed by atoms with Crippen molar-refractivity contribution in [3.63, 3.8) is 0 Å². The van der Waals surface area contributed by atoms with Crippen LogP contribution in [-0.2, 0) is 6.54 Å². The summed E-state index contributed by atoms with van der Waals surface area (Å²) in [5, 5.41) is 7.19. The Bertz CT molecular complexity index is 620. The van der Waals surface area contributed by atoms with Crippen molar-refractivity contribution >= 4 is 5.91 Å². The molecule has 1 fully saturated rings. The van der Waals surface area contributed by atoms with Crippen molar-refractivity contribution < 1.29 is 9.53 Å². The maximum atomic E-state index is 12.1. The predicted molar refractivity (Wildman–Crippen MR) is 77.0 cm³/mol. The first-order valence-corrected chi connectivity index (χ1v) is 6.96. The molecule has 1 aliphatic carbocycles. The monoisotopic (exact) mass is 286 g/mol. The Labute approximate surface area is 123 Å². The second kappa shape index (κ2) is 5.55. The molecule has 0 bridgehead atoms. The van der Waals surface area contributed by atoms with E-state index in [0.29, 0.717) is 18.0 Å². The molecule has 0 aromatic carbocycles. The molecule has 0 aliphatic heterocycles. The number of carbonyl (C=O) groups excluding carboxylic acids is 1. The van der Waals surface area contributed by atoms with Crippen molar-refractivity contribution in [2.75, 3.05) is 13.7 Å². The number of hydrogen-bond acceptors (Lipinski definition) is 4. The molecular formula is C15H18N4O2. The molecule has 0 saturated heterocycles. The summed E-state index contributed by atoms with van der Waals surface area (Å²) < 4.78 is 7.02. The van der Waals surface area contributed by atoms with E-state index in [0.717, 1.165) is 19.4 Å². The molecule has 0 spiro atoms. The number of ether oxygens (including phenoxy) is 1. The number of nitrogens with zero attached hydrogens (tertiary/aromatic N) is 3. The molecule has 21 heavy (non-hydrogen) atoms. The van der Waals surface area contributed by atoms with Gasteiger partial charge in [0.15, 0.2) is 0 Å². The van der Waals surface area contributed by atoms with Gasteiger partial charge in [-0.3, -0.25) is 14.5 Å². The van der Waals surface area contributed by atoms with Crippen LogP contribution in [0.25, 0.3) is 0 Å². The molecule has 3 rings (SSSR count). The van der Waals surface area contributed by atoms with Crippen molar-refractivity contribution in [3.8, 4) is 5.75 Å². The van der Waals surface area contributed by atoms with Crippen LogP contribution in [0.2, 0.25) is 0 Å². The number of methoxy groups -OCH3 is 1. The number of carbonyl (C=O) groups is 1. The average molecular weight is 286 g/mol. The first kappa shape index (κ1) is 13.6. The minimum Gasteiger partial charge on any atom is -0.497 e. The molecule has 2 heterocycles. The summed E-state index contributed by atoms with van der Waals surface area (Å²) in [7, 11) is 1.57. The van der Waals surface area contributed by atoms with Crippen LogP contribution in [0, 0.1) is 5.41 Å². The van der Waals surface area contributed by atoms with Crippen LogP contribution in [0.3, 0.4) is 0 Å². The Balaban J connectivity index is 1.58. The number of rotatable bonds is 6. The largest absolute Gasteiger partial charge is 0.497 e. The lowest BCUT2D eigenvalue weighted by molar-refractivity contribution is 0.0937. The second-order valence-electron chi connectivity index (χ2n) is 5.47. The Kier molecular flexibility index (Phi) is 3.60. The number of nitrogens with one attached hydrogen (secondary N) is 1. The van der Waals surface area contributed by atoms with Crippen LogP contribution in [0.4, 0.5) is 0 Å². The fraction of sp³-hybridized carbons (Fsp3) is 0.400. The van der Waals surface area contributed by atoms with E-state index < -0.39 is 0 Å². The Morgan fingerprint density at radius 2 is 2.33 bits per heavy atom. The second-order valence-corrected chi connectivity index (χ2v) is 5.47. The molecule has 0 atom stereocenters. The summed E-state index contributed by atoms with van der Waals surface area (Å²) in [6, 6.07) is 5.27. The Hall–Kier alpha value is -2.37. The molecule has 1 N–H and O–H groups in total. The van der Waals surface area contributed by atoms with Gasteiger partial charge in [-0.15, -0.1) is 0 Å². The standard InChI is InChI=1S/C15H18N4O2/c1-21-12-3-7-16-13(9-12)14(20)17-10-15(4-5-15)11-19-8-2-6-18-19/h2-3,6-9H,4-5,10-11H2,1H3,(H,17,20). The molecule has 110 valence electrons. The van der Waals surface area contributed by atoms with Gasteiger partial charge in [0.2, 0.25) is 0 Å². The van der Waals surface area contributed by atoms with Crippen LogP contribution in [0.5, 0.6) is 5.75 Å². The molecule has 0 radical (unpaired) electrons. The number of amides is 1. The summed E-state index contributed by atoms with van der Waals surface area (Å²) in [4.78, 5) is 16.2. The molecule has 1 aliphatic rings. The van der Waals surface area contributed by atoms with Gasteiger partial charge < -0.3 is 10.1 Å². The Morgan fingerprint density at radius 1 is 1.48 bits per heavy atom. The minimum atomic E-state index is -0.166. The maximum Gasteiger partial charge on any atom is 0.270 e. The van der Waals surface area contributed by atoms with Gasteiger partial charge in [0.05, 0.1) is 7.11 Å². The van der Waals surface area contributed by atoms with E-state index in [1.54, 1.807) is 31.6 Å². The first-order valence-electron chi connectivity index (χ1n) is 6.96. The summed E-state index contributed by atoms with van der Waals surface area (Å²) in [6.45, 7) is 1.48. The summed E-state index contributed by atoms with van der Waals surface area (Å²) in [5.41, 5.74) is 0.518. The third kappa shape index (κ3) is 3.21. The fourth-order valence-corrected chi connectivity index (χ4v) is 2.33. The molecule has 1 amide bonds. The van der Waals surface area contributed by atoms with E-state index in [-0.39, 0.29) is 11.3 Å².